The van der Waals surface area contributed by atoms with Crippen LogP contribution in [-0.4, -0.2) is 57.8 Å². The Labute approximate surface area is 250 Å². The number of carbonyl (C=O) groups is 2. The lowest BCUT2D eigenvalue weighted by atomic mass is 10.0. The van der Waals surface area contributed by atoms with Gasteiger partial charge in [0.25, 0.3) is 0 Å². The molecule has 1 aliphatic heterocycles. The number of amides is 2. The van der Waals surface area contributed by atoms with Crippen LogP contribution >= 0.6 is 23.2 Å². The van der Waals surface area contributed by atoms with Gasteiger partial charge < -0.3 is 19.7 Å². The van der Waals surface area contributed by atoms with Gasteiger partial charge in [-0.2, -0.15) is 0 Å². The standard InChI is InChI=1S/C29H31Cl2N3O6S/c1-32-29(36)25(16-20-7-4-3-5-8-20)33(18-21-10-12-23(30)24(31)15-21)28(35)9-6-14-34(41(2,37)38)22-11-13-26-27(17-22)40-19-39-26/h3-5,7-8,10-13,15,17,25H,6,9,14,16,18-19H2,1-2H3,(H,32,36)/t25-/m1/s1. The van der Waals surface area contributed by atoms with Gasteiger partial charge in [-0.05, 0) is 41.8 Å². The number of ether oxygens (including phenoxy) is 2. The van der Waals surface area contributed by atoms with Crippen LogP contribution in [0.3, 0.4) is 0 Å². The third kappa shape index (κ3) is 7.84. The van der Waals surface area contributed by atoms with Crippen LogP contribution in [0.4, 0.5) is 5.69 Å². The first kappa shape index (κ1) is 30.5. The van der Waals surface area contributed by atoms with Gasteiger partial charge in [0.1, 0.15) is 6.04 Å². The monoisotopic (exact) mass is 619 g/mol. The highest BCUT2D eigenvalue weighted by atomic mass is 35.5. The molecule has 9 nitrogen and oxygen atoms in total. The lowest BCUT2D eigenvalue weighted by molar-refractivity contribution is -0.141. The number of benzene rings is 3. The number of fused-ring (bicyclic) bond motifs is 1. The van der Waals surface area contributed by atoms with Crippen molar-refractivity contribution in [2.75, 3.05) is 30.9 Å². The molecule has 0 bridgehead atoms. The summed E-state index contributed by atoms with van der Waals surface area (Å²) in [5.74, 6) is 0.364. The average Bonchev–Trinajstić information content (AvgIpc) is 3.42. The molecule has 0 saturated heterocycles. The Morgan fingerprint density at radius 2 is 1.68 bits per heavy atom. The molecule has 4 rings (SSSR count). The summed E-state index contributed by atoms with van der Waals surface area (Å²) in [4.78, 5) is 28.4. The van der Waals surface area contributed by atoms with E-state index in [1.165, 1.54) is 16.3 Å². The number of anilines is 1. The van der Waals surface area contributed by atoms with Crippen molar-refractivity contribution >= 4 is 50.7 Å². The van der Waals surface area contributed by atoms with E-state index in [1.54, 1.807) is 36.4 Å². The molecule has 1 N–H and O–H groups in total. The molecule has 1 atom stereocenters. The number of hydrogen-bond donors (Lipinski definition) is 1. The summed E-state index contributed by atoms with van der Waals surface area (Å²) < 4.78 is 37.3. The number of sulfonamides is 1. The number of halogens is 2. The van der Waals surface area contributed by atoms with E-state index >= 15 is 0 Å². The number of likely N-dealkylation sites (N-methyl/N-ethyl adjacent to an activating group) is 1. The fourth-order valence-corrected chi connectivity index (χ4v) is 5.88. The van der Waals surface area contributed by atoms with Crippen LogP contribution in [0.1, 0.15) is 24.0 Å². The summed E-state index contributed by atoms with van der Waals surface area (Å²) in [6.45, 7) is 0.225. The third-order valence-corrected chi connectivity index (χ3v) is 8.58. The summed E-state index contributed by atoms with van der Waals surface area (Å²) in [7, 11) is -2.14. The highest BCUT2D eigenvalue weighted by Gasteiger charge is 2.30. The number of carbonyl (C=O) groups excluding carboxylic acids is 2. The summed E-state index contributed by atoms with van der Waals surface area (Å²) in [6.07, 6.45) is 1.61. The van der Waals surface area contributed by atoms with E-state index in [-0.39, 0.29) is 44.5 Å². The molecule has 1 heterocycles. The summed E-state index contributed by atoms with van der Waals surface area (Å²) >= 11 is 12.3. The van der Waals surface area contributed by atoms with Gasteiger partial charge in [0.2, 0.25) is 28.6 Å². The van der Waals surface area contributed by atoms with Crippen LogP contribution < -0.4 is 19.1 Å². The molecule has 0 unspecified atom stereocenters. The molecule has 3 aromatic carbocycles. The van der Waals surface area contributed by atoms with Crippen LogP contribution in [-0.2, 0) is 32.6 Å². The number of nitrogens with one attached hydrogen (secondary N) is 1. The maximum absolute atomic E-state index is 13.8. The predicted molar refractivity (Wildman–Crippen MR) is 159 cm³/mol. The fourth-order valence-electron chi connectivity index (χ4n) is 4.60. The van der Waals surface area contributed by atoms with Crippen LogP contribution in [0.5, 0.6) is 11.5 Å². The molecule has 3 aromatic rings. The lowest BCUT2D eigenvalue weighted by Crippen LogP contribution is -2.49. The zero-order valence-corrected chi connectivity index (χ0v) is 25.0. The van der Waals surface area contributed by atoms with E-state index in [2.05, 4.69) is 5.32 Å². The highest BCUT2D eigenvalue weighted by molar-refractivity contribution is 7.92. The minimum Gasteiger partial charge on any atom is -0.454 e. The molecule has 0 spiro atoms. The Bertz CT molecular complexity index is 1500. The lowest BCUT2D eigenvalue weighted by Gasteiger charge is -2.31. The van der Waals surface area contributed by atoms with E-state index in [0.29, 0.717) is 39.2 Å². The van der Waals surface area contributed by atoms with Crippen LogP contribution in [0.2, 0.25) is 10.0 Å². The highest BCUT2D eigenvalue weighted by Crippen LogP contribution is 2.36. The number of rotatable bonds is 12. The van der Waals surface area contributed by atoms with Gasteiger partial charge in [-0.1, -0.05) is 59.6 Å². The third-order valence-electron chi connectivity index (χ3n) is 6.65. The van der Waals surface area contributed by atoms with E-state index in [9.17, 15) is 18.0 Å². The molecule has 1 aliphatic rings. The summed E-state index contributed by atoms with van der Waals surface area (Å²) in [6, 6.07) is 18.5. The topological polar surface area (TPSA) is 105 Å². The van der Waals surface area contributed by atoms with Crippen molar-refractivity contribution in [3.05, 3.63) is 87.9 Å². The fraction of sp³-hybridized carbons (Fsp3) is 0.310. The SMILES string of the molecule is CNC(=O)[C@@H](Cc1ccccc1)N(Cc1ccc(Cl)c(Cl)c1)C(=O)CCCN(c1ccc2c(c1)OCO2)S(C)(=O)=O. The van der Waals surface area contributed by atoms with Gasteiger partial charge in [-0.15, -0.1) is 0 Å². The van der Waals surface area contributed by atoms with Gasteiger partial charge in [0, 0.05) is 39.0 Å². The first-order valence-electron chi connectivity index (χ1n) is 12.9. The van der Waals surface area contributed by atoms with Crippen LogP contribution in [0.15, 0.2) is 66.7 Å². The molecule has 0 aliphatic carbocycles. The molecule has 0 aromatic heterocycles. The zero-order valence-electron chi connectivity index (χ0n) is 22.7. The number of nitrogens with zero attached hydrogens (tertiary/aromatic N) is 2. The van der Waals surface area contributed by atoms with Gasteiger partial charge >= 0.3 is 0 Å². The molecule has 218 valence electrons. The minimum absolute atomic E-state index is 0.000176. The smallest absolute Gasteiger partial charge is 0.242 e. The summed E-state index contributed by atoms with van der Waals surface area (Å²) in [5, 5.41) is 3.39. The van der Waals surface area contributed by atoms with Crippen molar-refractivity contribution in [1.29, 1.82) is 0 Å². The van der Waals surface area contributed by atoms with E-state index < -0.39 is 16.1 Å². The average molecular weight is 621 g/mol. The van der Waals surface area contributed by atoms with Crippen molar-refractivity contribution in [2.45, 2.75) is 31.8 Å². The van der Waals surface area contributed by atoms with E-state index in [4.69, 9.17) is 32.7 Å². The number of hydrogen-bond acceptors (Lipinski definition) is 6. The van der Waals surface area contributed by atoms with E-state index in [0.717, 1.165) is 11.8 Å². The molecular formula is C29H31Cl2N3O6S. The summed E-state index contributed by atoms with van der Waals surface area (Å²) in [5.41, 5.74) is 2.00. The van der Waals surface area contributed by atoms with Crippen molar-refractivity contribution in [1.82, 2.24) is 10.2 Å². The zero-order chi connectivity index (χ0) is 29.6. The quantitative estimate of drug-likeness (QED) is 0.316. The van der Waals surface area contributed by atoms with Crippen molar-refractivity contribution in [3.8, 4) is 11.5 Å². The molecule has 12 heteroatoms. The second kappa shape index (κ2) is 13.5. The first-order chi connectivity index (χ1) is 19.6. The molecule has 41 heavy (non-hydrogen) atoms. The molecule has 0 radical (unpaired) electrons. The van der Waals surface area contributed by atoms with Gasteiger partial charge in [0.05, 0.1) is 22.0 Å². The Balaban J connectivity index is 1.56. The molecule has 2 amide bonds. The van der Waals surface area contributed by atoms with Crippen LogP contribution in [0, 0.1) is 0 Å². The largest absolute Gasteiger partial charge is 0.454 e. The second-order valence-electron chi connectivity index (χ2n) is 9.57. The predicted octanol–water partition coefficient (Wildman–Crippen LogP) is 4.65. The van der Waals surface area contributed by atoms with Crippen LogP contribution in [0.25, 0.3) is 0 Å². The van der Waals surface area contributed by atoms with E-state index in [1.807, 2.05) is 30.3 Å². The Hall–Kier alpha value is -3.47. The molecule has 0 saturated carbocycles. The minimum atomic E-state index is -3.66. The Kier molecular flexibility index (Phi) is 10.0. The normalized spacial score (nSPS) is 13.0. The van der Waals surface area contributed by atoms with Gasteiger partial charge in [-0.3, -0.25) is 13.9 Å². The maximum Gasteiger partial charge on any atom is 0.242 e. The van der Waals surface area contributed by atoms with Crippen molar-refractivity contribution in [3.63, 3.8) is 0 Å². The van der Waals surface area contributed by atoms with Crippen molar-refractivity contribution in [2.24, 2.45) is 0 Å². The molecule has 0 fully saturated rings. The first-order valence-corrected chi connectivity index (χ1v) is 15.5. The van der Waals surface area contributed by atoms with Gasteiger partial charge in [0.15, 0.2) is 11.5 Å². The van der Waals surface area contributed by atoms with Crippen molar-refractivity contribution < 1.29 is 27.5 Å². The maximum atomic E-state index is 13.8. The Morgan fingerprint density at radius 3 is 2.37 bits per heavy atom. The van der Waals surface area contributed by atoms with Gasteiger partial charge in [-0.25, -0.2) is 8.42 Å². The Morgan fingerprint density at radius 1 is 0.951 bits per heavy atom. The second-order valence-corrected chi connectivity index (χ2v) is 12.3. The molecular weight excluding hydrogens is 589 g/mol.